The molecule has 0 aromatic carbocycles. The van der Waals surface area contributed by atoms with Crippen molar-refractivity contribution in [2.75, 3.05) is 6.61 Å². The molecular weight excluding hydrogens is 139 g/mol. The van der Waals surface area contributed by atoms with Gasteiger partial charge in [0.2, 0.25) is 0 Å². The molecule has 1 saturated heterocycles. The summed E-state index contributed by atoms with van der Waals surface area (Å²) in [5, 5.41) is 0. The molecule has 0 saturated carbocycles. The molecule has 1 aliphatic rings. The summed E-state index contributed by atoms with van der Waals surface area (Å²) < 4.78 is 11.0. The Morgan fingerprint density at radius 1 is 1.55 bits per heavy atom. The Morgan fingerprint density at radius 2 is 2.27 bits per heavy atom. The van der Waals surface area contributed by atoms with Crippen LogP contribution >= 0.6 is 0 Å². The van der Waals surface area contributed by atoms with Crippen LogP contribution in [0.25, 0.3) is 0 Å². The smallest absolute Gasteiger partial charge is 0.163 e. The fourth-order valence-corrected chi connectivity index (χ4v) is 1.26. The maximum absolute atomic E-state index is 5.61. The summed E-state index contributed by atoms with van der Waals surface area (Å²) in [6.07, 6.45) is 2.51. The summed E-state index contributed by atoms with van der Waals surface area (Å²) in [6.45, 7) is 6.74. The van der Waals surface area contributed by atoms with Gasteiger partial charge in [-0.1, -0.05) is 13.1 Å². The first-order valence-electron chi connectivity index (χ1n) is 4.23. The van der Waals surface area contributed by atoms with E-state index < -0.39 is 0 Å². The predicted octanol–water partition coefficient (Wildman–Crippen LogP) is 1.70. The maximum Gasteiger partial charge on any atom is 0.163 e. The lowest BCUT2D eigenvalue weighted by molar-refractivity contribution is -0.138. The summed E-state index contributed by atoms with van der Waals surface area (Å²) >= 11 is 0. The van der Waals surface area contributed by atoms with Gasteiger partial charge in [0.25, 0.3) is 0 Å². The Kier molecular flexibility index (Phi) is 2.96. The largest absolute Gasteiger partial charge is 0.348 e. The van der Waals surface area contributed by atoms with Gasteiger partial charge >= 0.3 is 0 Å². The second kappa shape index (κ2) is 3.59. The minimum atomic E-state index is -0.349. The van der Waals surface area contributed by atoms with E-state index in [9.17, 15) is 0 Å². The van der Waals surface area contributed by atoms with Crippen molar-refractivity contribution in [3.8, 4) is 0 Å². The Labute approximate surface area is 69.5 Å². The lowest BCUT2D eigenvalue weighted by atomic mass is 9.76. The van der Waals surface area contributed by atoms with Crippen LogP contribution in [0.2, 0.25) is 13.1 Å². The first-order chi connectivity index (χ1) is 5.14. The van der Waals surface area contributed by atoms with Gasteiger partial charge in [-0.3, -0.25) is 0 Å². The Bertz CT molecular complexity index is 125. The molecule has 0 aromatic heterocycles. The van der Waals surface area contributed by atoms with Crippen molar-refractivity contribution in [1.29, 1.82) is 0 Å². The van der Waals surface area contributed by atoms with E-state index in [1.54, 1.807) is 0 Å². The van der Waals surface area contributed by atoms with Crippen molar-refractivity contribution >= 4 is 7.28 Å². The fraction of sp³-hybridized carbons (Fsp3) is 1.00. The highest BCUT2D eigenvalue weighted by atomic mass is 16.7. The van der Waals surface area contributed by atoms with Crippen molar-refractivity contribution < 1.29 is 9.47 Å². The van der Waals surface area contributed by atoms with Crippen LogP contribution in [-0.2, 0) is 9.47 Å². The van der Waals surface area contributed by atoms with E-state index in [1.807, 2.05) is 13.8 Å². The van der Waals surface area contributed by atoms with Gasteiger partial charge in [0.1, 0.15) is 7.28 Å². The molecule has 1 rings (SSSR count). The minimum absolute atomic E-state index is 0.307. The topological polar surface area (TPSA) is 18.5 Å². The molecule has 11 heavy (non-hydrogen) atoms. The zero-order valence-corrected chi connectivity index (χ0v) is 7.59. The first kappa shape index (κ1) is 9.08. The molecule has 0 N–H and O–H groups in total. The highest BCUT2D eigenvalue weighted by Gasteiger charge is 2.31. The van der Waals surface area contributed by atoms with Gasteiger partial charge in [0, 0.05) is 0 Å². The summed E-state index contributed by atoms with van der Waals surface area (Å²) in [5.41, 5.74) is 0. The van der Waals surface area contributed by atoms with Crippen LogP contribution in [0.5, 0.6) is 0 Å². The SMILES string of the molecule is C[B]CCC1COC(C)(C)O1. The summed E-state index contributed by atoms with van der Waals surface area (Å²) in [5.74, 6) is -0.349. The van der Waals surface area contributed by atoms with Crippen LogP contribution in [0, 0.1) is 0 Å². The molecular formula is C8H16BO2. The van der Waals surface area contributed by atoms with Gasteiger partial charge in [-0.05, 0) is 20.3 Å². The summed E-state index contributed by atoms with van der Waals surface area (Å²) in [7, 11) is 2.16. The third-order valence-electron chi connectivity index (χ3n) is 1.84. The summed E-state index contributed by atoms with van der Waals surface area (Å²) in [6, 6.07) is 0. The van der Waals surface area contributed by atoms with Gasteiger partial charge in [0.05, 0.1) is 12.7 Å². The Balaban J connectivity index is 2.20. The molecule has 0 spiro atoms. The second-order valence-corrected chi connectivity index (χ2v) is 3.44. The van der Waals surface area contributed by atoms with Crippen molar-refractivity contribution in [3.63, 3.8) is 0 Å². The lowest BCUT2D eigenvalue weighted by Crippen LogP contribution is -2.21. The molecule has 0 bridgehead atoms. The first-order valence-corrected chi connectivity index (χ1v) is 4.23. The van der Waals surface area contributed by atoms with Crippen LogP contribution in [0.15, 0.2) is 0 Å². The number of ether oxygens (including phenoxy) is 2. The molecule has 1 fully saturated rings. The van der Waals surface area contributed by atoms with E-state index >= 15 is 0 Å². The standard InChI is InChI=1S/C8H16BO2/c1-8(2)10-6-7(11-8)4-5-9-3/h7H,4-6H2,1-3H3. The van der Waals surface area contributed by atoms with Crippen LogP contribution < -0.4 is 0 Å². The van der Waals surface area contributed by atoms with Crippen LogP contribution in [-0.4, -0.2) is 25.8 Å². The highest BCUT2D eigenvalue weighted by molar-refractivity contribution is 6.33. The van der Waals surface area contributed by atoms with E-state index in [0.29, 0.717) is 6.10 Å². The van der Waals surface area contributed by atoms with Crippen molar-refractivity contribution in [2.24, 2.45) is 0 Å². The monoisotopic (exact) mass is 155 g/mol. The van der Waals surface area contributed by atoms with Crippen molar-refractivity contribution in [3.05, 3.63) is 0 Å². The fourth-order valence-electron chi connectivity index (χ4n) is 1.26. The molecule has 2 nitrogen and oxygen atoms in total. The van der Waals surface area contributed by atoms with Crippen LogP contribution in [0.4, 0.5) is 0 Å². The van der Waals surface area contributed by atoms with Gasteiger partial charge in [-0.25, -0.2) is 0 Å². The average molecular weight is 155 g/mol. The van der Waals surface area contributed by atoms with E-state index in [4.69, 9.17) is 9.47 Å². The quantitative estimate of drug-likeness (QED) is 0.577. The molecule has 63 valence electrons. The Morgan fingerprint density at radius 3 is 2.73 bits per heavy atom. The van der Waals surface area contributed by atoms with Gasteiger partial charge in [0.15, 0.2) is 5.79 Å². The molecule has 1 aliphatic heterocycles. The number of hydrogen-bond acceptors (Lipinski definition) is 2. The molecule has 0 aliphatic carbocycles. The third-order valence-corrected chi connectivity index (χ3v) is 1.84. The summed E-state index contributed by atoms with van der Waals surface area (Å²) in [4.78, 5) is 0. The normalized spacial score (nSPS) is 28.8. The third kappa shape index (κ3) is 2.84. The van der Waals surface area contributed by atoms with Gasteiger partial charge in [-0.15, -0.1) is 0 Å². The van der Waals surface area contributed by atoms with E-state index in [0.717, 1.165) is 19.3 Å². The zero-order chi connectivity index (χ0) is 8.32. The average Bonchev–Trinajstić information content (AvgIpc) is 2.26. The van der Waals surface area contributed by atoms with Crippen molar-refractivity contribution in [2.45, 2.75) is 45.3 Å². The van der Waals surface area contributed by atoms with Gasteiger partial charge in [-0.2, -0.15) is 0 Å². The lowest BCUT2D eigenvalue weighted by Gasteiger charge is -2.16. The minimum Gasteiger partial charge on any atom is -0.348 e. The van der Waals surface area contributed by atoms with Crippen LogP contribution in [0.3, 0.4) is 0 Å². The van der Waals surface area contributed by atoms with Crippen molar-refractivity contribution in [1.82, 2.24) is 0 Å². The highest BCUT2D eigenvalue weighted by Crippen LogP contribution is 2.24. The number of hydrogen-bond donors (Lipinski definition) is 0. The van der Waals surface area contributed by atoms with E-state index in [1.165, 1.54) is 0 Å². The van der Waals surface area contributed by atoms with Crippen LogP contribution in [0.1, 0.15) is 20.3 Å². The molecule has 3 heteroatoms. The van der Waals surface area contributed by atoms with E-state index in [-0.39, 0.29) is 5.79 Å². The number of rotatable bonds is 3. The van der Waals surface area contributed by atoms with E-state index in [2.05, 4.69) is 14.1 Å². The maximum atomic E-state index is 5.61. The molecule has 1 unspecified atom stereocenters. The molecule has 1 radical (unpaired) electrons. The van der Waals surface area contributed by atoms with Gasteiger partial charge < -0.3 is 9.47 Å². The molecule has 0 aromatic rings. The molecule has 0 amide bonds. The molecule has 1 atom stereocenters. The molecule has 1 heterocycles. The Hall–Kier alpha value is -0.0151. The zero-order valence-electron chi connectivity index (χ0n) is 7.59. The second-order valence-electron chi connectivity index (χ2n) is 3.44. The predicted molar refractivity (Wildman–Crippen MR) is 45.9 cm³/mol.